The molecule has 0 aromatic heterocycles. The minimum Gasteiger partial charge on any atom is -0.211 e. The van der Waals surface area contributed by atoms with Crippen molar-refractivity contribution in [2.24, 2.45) is 0 Å². The van der Waals surface area contributed by atoms with Crippen LogP contribution in [0.1, 0.15) is 54.5 Å². The summed E-state index contributed by atoms with van der Waals surface area (Å²) in [6.07, 6.45) is 10.5. The second kappa shape index (κ2) is 12.5. The van der Waals surface area contributed by atoms with E-state index in [9.17, 15) is 8.42 Å². The summed E-state index contributed by atoms with van der Waals surface area (Å²) in [6.45, 7) is 2.56. The third kappa shape index (κ3) is 6.95. The largest absolute Gasteiger partial charge is 0.241 e. The number of hydrogen-bond donors (Lipinski definition) is 1. The maximum atomic E-state index is 13.5. The molecule has 1 aliphatic carbocycles. The number of rotatable bonds is 11. The summed E-state index contributed by atoms with van der Waals surface area (Å²) >= 11 is 7.00. The molecule has 0 heterocycles. The molecule has 0 spiro atoms. The zero-order valence-corrected chi connectivity index (χ0v) is 22.1. The third-order valence-electron chi connectivity index (χ3n) is 6.49. The average Bonchev–Trinajstić information content (AvgIpc) is 2.90. The molecule has 4 nitrogen and oxygen atoms in total. The van der Waals surface area contributed by atoms with Crippen LogP contribution in [-0.2, 0) is 10.0 Å². The van der Waals surface area contributed by atoms with E-state index in [2.05, 4.69) is 23.0 Å². The Morgan fingerprint density at radius 1 is 0.889 bits per heavy atom. The molecule has 6 heteroatoms. The lowest BCUT2D eigenvalue weighted by atomic mass is 9.93. The van der Waals surface area contributed by atoms with Gasteiger partial charge in [0, 0.05) is 6.54 Å². The lowest BCUT2D eigenvalue weighted by Crippen LogP contribution is -2.38. The van der Waals surface area contributed by atoms with Crippen LogP contribution in [0.2, 0.25) is 0 Å². The highest BCUT2D eigenvalue weighted by Gasteiger charge is 2.33. The molecule has 1 unspecified atom stereocenters. The number of nitrogens with one attached hydrogen (secondary N) is 1. The van der Waals surface area contributed by atoms with E-state index < -0.39 is 22.1 Å². The molecule has 36 heavy (non-hydrogen) atoms. The van der Waals surface area contributed by atoms with Crippen LogP contribution >= 0.6 is 11.8 Å². The number of sulfonamides is 1. The fourth-order valence-corrected chi connectivity index (χ4v) is 6.12. The Bertz CT molecular complexity index is 1270. The Kier molecular flexibility index (Phi) is 9.16. The van der Waals surface area contributed by atoms with E-state index in [4.69, 9.17) is 11.8 Å². The van der Waals surface area contributed by atoms with Crippen LogP contribution in [-0.4, -0.2) is 19.4 Å². The predicted octanol–water partition coefficient (Wildman–Crippen LogP) is 7.27. The SMILES string of the molecule is Cc1ccc(S(=O)(=O)N[C@H](c2ccccc2)C(c2ccccc2)N(Cl)CCCC2=CCC=CC2)cc1. The minimum atomic E-state index is -3.80. The number of hydrogen-bond acceptors (Lipinski definition) is 3. The molecule has 3 aromatic carbocycles. The Morgan fingerprint density at radius 2 is 1.53 bits per heavy atom. The Hall–Kier alpha value is -2.70. The predicted molar refractivity (Wildman–Crippen MR) is 148 cm³/mol. The number of benzene rings is 3. The summed E-state index contributed by atoms with van der Waals surface area (Å²) in [5.74, 6) is 0. The summed E-state index contributed by atoms with van der Waals surface area (Å²) in [5, 5.41) is 0. The van der Waals surface area contributed by atoms with Crippen molar-refractivity contribution in [3.05, 3.63) is 125 Å². The number of allylic oxidation sites excluding steroid dienone is 4. The number of aryl methyl sites for hydroxylation is 1. The first kappa shape index (κ1) is 26.4. The van der Waals surface area contributed by atoms with Crippen molar-refractivity contribution in [2.45, 2.75) is 49.6 Å². The number of nitrogens with zero attached hydrogens (tertiary/aromatic N) is 1. The first-order chi connectivity index (χ1) is 17.4. The van der Waals surface area contributed by atoms with Gasteiger partial charge in [-0.25, -0.2) is 17.6 Å². The summed E-state index contributed by atoms with van der Waals surface area (Å²) in [6, 6.07) is 25.5. The second-order valence-electron chi connectivity index (χ2n) is 9.18. The van der Waals surface area contributed by atoms with Crippen molar-refractivity contribution in [3.8, 4) is 0 Å². The van der Waals surface area contributed by atoms with Gasteiger partial charge in [-0.05, 0) is 67.6 Å². The smallest absolute Gasteiger partial charge is 0.211 e. The van der Waals surface area contributed by atoms with Crippen molar-refractivity contribution < 1.29 is 8.42 Å². The maximum Gasteiger partial charge on any atom is 0.241 e. The quantitative estimate of drug-likeness (QED) is 0.213. The summed E-state index contributed by atoms with van der Waals surface area (Å²) in [7, 11) is -3.80. The van der Waals surface area contributed by atoms with E-state index >= 15 is 0 Å². The molecule has 4 rings (SSSR count). The molecule has 0 fully saturated rings. The fraction of sp³-hybridized carbons (Fsp3) is 0.267. The minimum absolute atomic E-state index is 0.235. The van der Waals surface area contributed by atoms with E-state index in [0.717, 1.165) is 42.4 Å². The van der Waals surface area contributed by atoms with Crippen LogP contribution in [0.25, 0.3) is 0 Å². The Labute approximate surface area is 220 Å². The highest BCUT2D eigenvalue weighted by Crippen LogP contribution is 2.37. The van der Waals surface area contributed by atoms with Crippen molar-refractivity contribution in [1.29, 1.82) is 0 Å². The van der Waals surface area contributed by atoms with Gasteiger partial charge < -0.3 is 0 Å². The van der Waals surface area contributed by atoms with Gasteiger partial charge in [-0.1, -0.05) is 102 Å². The van der Waals surface area contributed by atoms with Gasteiger partial charge in [-0.3, -0.25) is 0 Å². The lowest BCUT2D eigenvalue weighted by Gasteiger charge is -2.34. The van der Waals surface area contributed by atoms with Crippen LogP contribution in [0.5, 0.6) is 0 Å². The molecule has 0 radical (unpaired) electrons. The molecule has 3 aromatic rings. The van der Waals surface area contributed by atoms with Crippen LogP contribution in [0.3, 0.4) is 0 Å². The zero-order chi connectivity index (χ0) is 25.4. The Balaban J connectivity index is 1.65. The van der Waals surface area contributed by atoms with Gasteiger partial charge in [0.2, 0.25) is 10.0 Å². The van der Waals surface area contributed by atoms with Gasteiger partial charge in [-0.2, -0.15) is 0 Å². The molecule has 0 bridgehead atoms. The molecule has 0 saturated heterocycles. The topological polar surface area (TPSA) is 49.4 Å². The monoisotopic (exact) mass is 520 g/mol. The summed E-state index contributed by atoms with van der Waals surface area (Å²) in [5.41, 5.74) is 4.24. The van der Waals surface area contributed by atoms with Crippen LogP contribution in [0, 0.1) is 6.92 Å². The van der Waals surface area contributed by atoms with E-state index in [0.29, 0.717) is 6.54 Å². The highest BCUT2D eigenvalue weighted by atomic mass is 35.5. The van der Waals surface area contributed by atoms with Gasteiger partial charge in [0.25, 0.3) is 0 Å². The Morgan fingerprint density at radius 3 is 2.14 bits per heavy atom. The van der Waals surface area contributed by atoms with E-state index in [1.807, 2.05) is 79.7 Å². The van der Waals surface area contributed by atoms with Crippen molar-refractivity contribution in [2.75, 3.05) is 6.54 Å². The van der Waals surface area contributed by atoms with Crippen LogP contribution < -0.4 is 4.72 Å². The van der Waals surface area contributed by atoms with Crippen molar-refractivity contribution >= 4 is 21.8 Å². The van der Waals surface area contributed by atoms with Gasteiger partial charge in [0.1, 0.15) is 0 Å². The molecule has 0 aliphatic heterocycles. The molecule has 2 atom stereocenters. The normalized spacial score (nSPS) is 15.5. The summed E-state index contributed by atoms with van der Waals surface area (Å²) < 4.78 is 31.8. The third-order valence-corrected chi connectivity index (χ3v) is 8.33. The van der Waals surface area contributed by atoms with E-state index in [-0.39, 0.29) is 4.90 Å². The highest BCUT2D eigenvalue weighted by molar-refractivity contribution is 7.89. The molecule has 0 amide bonds. The average molecular weight is 521 g/mol. The van der Waals surface area contributed by atoms with Gasteiger partial charge in [-0.15, -0.1) is 0 Å². The first-order valence-electron chi connectivity index (χ1n) is 12.4. The van der Waals surface area contributed by atoms with Crippen molar-refractivity contribution in [3.63, 3.8) is 0 Å². The first-order valence-corrected chi connectivity index (χ1v) is 14.2. The molecule has 188 valence electrons. The molecular weight excluding hydrogens is 488 g/mol. The number of halogens is 1. The fourth-order valence-electron chi connectivity index (χ4n) is 4.54. The second-order valence-corrected chi connectivity index (χ2v) is 11.3. The maximum absolute atomic E-state index is 13.5. The van der Waals surface area contributed by atoms with Gasteiger partial charge in [0.05, 0.1) is 17.0 Å². The standard InChI is InChI=1S/C30H33ClN2O2S/c1-24-19-21-28(22-20-24)36(34,35)32-29(26-15-7-3-8-16-26)30(27-17-9-4-10-18-27)33(31)23-11-14-25-12-5-2-6-13-25/h2-5,7-10,13,15-22,29-30,32H,6,11-12,14,23H2,1H3/t29-,30?/m1/s1. The van der Waals surface area contributed by atoms with Crippen LogP contribution in [0.4, 0.5) is 0 Å². The lowest BCUT2D eigenvalue weighted by molar-refractivity contribution is 0.284. The molecule has 0 saturated carbocycles. The van der Waals surface area contributed by atoms with Gasteiger partial charge in [0.15, 0.2) is 0 Å². The van der Waals surface area contributed by atoms with E-state index in [1.165, 1.54) is 5.57 Å². The summed E-state index contributed by atoms with van der Waals surface area (Å²) in [4.78, 5) is 0.235. The zero-order valence-electron chi connectivity index (χ0n) is 20.6. The van der Waals surface area contributed by atoms with Crippen LogP contribution in [0.15, 0.2) is 114 Å². The molecule has 1 aliphatic rings. The van der Waals surface area contributed by atoms with Crippen molar-refractivity contribution in [1.82, 2.24) is 9.14 Å². The molecule has 1 N–H and O–H groups in total. The molecular formula is C30H33ClN2O2S. The van der Waals surface area contributed by atoms with Gasteiger partial charge >= 0.3 is 0 Å². The van der Waals surface area contributed by atoms with E-state index in [1.54, 1.807) is 16.6 Å².